The second kappa shape index (κ2) is 10.8. The van der Waals surface area contributed by atoms with E-state index in [9.17, 15) is 14.9 Å². The Bertz CT molecular complexity index is 1560. The van der Waals surface area contributed by atoms with Crippen molar-refractivity contribution in [2.24, 2.45) is 5.92 Å². The van der Waals surface area contributed by atoms with Crippen LogP contribution in [0.3, 0.4) is 0 Å². The van der Waals surface area contributed by atoms with Crippen molar-refractivity contribution in [1.29, 1.82) is 0 Å². The number of thiocarbonyl (C=S) groups is 1. The Morgan fingerprint density at radius 1 is 1.15 bits per heavy atom. The van der Waals surface area contributed by atoms with Crippen LogP contribution in [0.2, 0.25) is 5.02 Å². The van der Waals surface area contributed by atoms with Crippen LogP contribution in [-0.2, 0) is 4.79 Å². The number of nitrogens with one attached hydrogen (secondary N) is 2. The van der Waals surface area contributed by atoms with E-state index in [0.29, 0.717) is 38.6 Å². The Morgan fingerprint density at radius 2 is 1.97 bits per heavy atom. The number of carbonyl (C=O) groups excluding carboxylic acids is 1. The number of pyridine rings is 1. The number of nitrogens with zero attached hydrogens (tertiary/aromatic N) is 3. The summed E-state index contributed by atoms with van der Waals surface area (Å²) in [6.07, 6.45) is 1.71. The number of benzene rings is 2. The van der Waals surface area contributed by atoms with Gasteiger partial charge >= 0.3 is 0 Å². The maximum Gasteiger partial charge on any atom is 0.270 e. The quantitative estimate of drug-likeness (QED) is 0.146. The zero-order valence-corrected chi connectivity index (χ0v) is 22.6. The van der Waals surface area contributed by atoms with E-state index in [1.165, 1.54) is 12.1 Å². The smallest absolute Gasteiger partial charge is 0.270 e. The number of halogens is 1. The molecule has 0 unspecified atom stereocenters. The van der Waals surface area contributed by atoms with E-state index in [2.05, 4.69) is 15.6 Å². The lowest BCUT2D eigenvalue weighted by molar-refractivity contribution is -0.384. The first kappa shape index (κ1) is 26.3. The molecule has 2 N–H and O–H groups in total. The molecule has 0 spiro atoms. The average molecular weight is 562 g/mol. The molecule has 39 heavy (non-hydrogen) atoms. The summed E-state index contributed by atoms with van der Waals surface area (Å²) in [5.74, 6) is 0.725. The summed E-state index contributed by atoms with van der Waals surface area (Å²) in [6.45, 7) is 3.61. The highest BCUT2D eigenvalue weighted by Crippen LogP contribution is 2.44. The molecule has 0 aliphatic carbocycles. The van der Waals surface area contributed by atoms with Crippen LogP contribution in [0.1, 0.15) is 37.4 Å². The van der Waals surface area contributed by atoms with Gasteiger partial charge in [-0.15, -0.1) is 0 Å². The van der Waals surface area contributed by atoms with E-state index < -0.39 is 11.0 Å². The lowest BCUT2D eigenvalue weighted by atomic mass is 10.0. The molecule has 2 aromatic heterocycles. The van der Waals surface area contributed by atoms with Crippen LogP contribution in [0.4, 0.5) is 17.1 Å². The molecular weight excluding hydrogens is 538 g/mol. The molecule has 1 saturated heterocycles. The van der Waals surface area contributed by atoms with Crippen LogP contribution < -0.4 is 15.5 Å². The maximum atomic E-state index is 12.2. The molecule has 5 rings (SSSR count). The summed E-state index contributed by atoms with van der Waals surface area (Å²) >= 11 is 12.3. The van der Waals surface area contributed by atoms with E-state index in [1.807, 2.05) is 35.2 Å². The van der Waals surface area contributed by atoms with Gasteiger partial charge in [-0.05, 0) is 54.7 Å². The van der Waals surface area contributed by atoms with Crippen LogP contribution in [0.15, 0.2) is 83.4 Å². The molecule has 2 atom stereocenters. The van der Waals surface area contributed by atoms with Crippen LogP contribution >= 0.6 is 23.8 Å². The first-order valence-electron chi connectivity index (χ1n) is 12.2. The van der Waals surface area contributed by atoms with Gasteiger partial charge in [0.15, 0.2) is 5.11 Å². The predicted octanol–water partition coefficient (Wildman–Crippen LogP) is 6.67. The second-order valence-corrected chi connectivity index (χ2v) is 10.1. The number of non-ortho nitro benzene ring substituents is 1. The molecule has 4 aromatic rings. The fraction of sp³-hybridized carbons (Fsp3) is 0.179. The van der Waals surface area contributed by atoms with Gasteiger partial charge in [-0.1, -0.05) is 43.6 Å². The van der Waals surface area contributed by atoms with E-state index in [4.69, 9.17) is 28.2 Å². The van der Waals surface area contributed by atoms with Gasteiger partial charge in [0.25, 0.3) is 5.69 Å². The molecule has 0 radical (unpaired) electrons. The maximum absolute atomic E-state index is 12.2. The third-order valence-corrected chi connectivity index (χ3v) is 7.00. The topological polar surface area (TPSA) is 114 Å². The van der Waals surface area contributed by atoms with E-state index in [1.54, 1.807) is 50.4 Å². The van der Waals surface area contributed by atoms with Gasteiger partial charge in [0.1, 0.15) is 17.6 Å². The fourth-order valence-electron chi connectivity index (χ4n) is 4.39. The molecule has 9 nitrogen and oxygen atoms in total. The Labute approximate surface area is 235 Å². The van der Waals surface area contributed by atoms with Crippen molar-refractivity contribution < 1.29 is 14.1 Å². The molecule has 1 aliphatic rings. The molecular formula is C28H24ClN5O4S. The minimum atomic E-state index is -0.452. The van der Waals surface area contributed by atoms with E-state index in [0.717, 1.165) is 5.69 Å². The van der Waals surface area contributed by atoms with Gasteiger partial charge in [-0.2, -0.15) is 0 Å². The number of carbonyl (C=O) groups is 1. The molecule has 0 bridgehead atoms. The summed E-state index contributed by atoms with van der Waals surface area (Å²) in [5.41, 5.74) is 2.50. The number of hydrogen-bond acceptors (Lipinski definition) is 6. The zero-order chi connectivity index (χ0) is 27.7. The Kier molecular flexibility index (Phi) is 7.32. The third kappa shape index (κ3) is 5.34. The third-order valence-electron chi connectivity index (χ3n) is 6.37. The van der Waals surface area contributed by atoms with Crippen LogP contribution in [0, 0.1) is 16.0 Å². The number of amides is 1. The number of furan rings is 1. The van der Waals surface area contributed by atoms with Crippen molar-refractivity contribution >= 4 is 51.9 Å². The zero-order valence-electron chi connectivity index (χ0n) is 21.0. The van der Waals surface area contributed by atoms with Crippen molar-refractivity contribution in [1.82, 2.24) is 10.3 Å². The van der Waals surface area contributed by atoms with Crippen molar-refractivity contribution in [3.63, 3.8) is 0 Å². The monoisotopic (exact) mass is 561 g/mol. The molecule has 198 valence electrons. The van der Waals surface area contributed by atoms with Gasteiger partial charge in [0, 0.05) is 35.5 Å². The summed E-state index contributed by atoms with van der Waals surface area (Å²) in [4.78, 5) is 29.5. The first-order chi connectivity index (χ1) is 18.7. The Hall–Kier alpha value is -4.28. The first-order valence-corrected chi connectivity index (χ1v) is 13.0. The molecule has 0 saturated carbocycles. The van der Waals surface area contributed by atoms with Gasteiger partial charge in [0.2, 0.25) is 5.91 Å². The highest BCUT2D eigenvalue weighted by Gasteiger charge is 2.42. The van der Waals surface area contributed by atoms with Gasteiger partial charge in [-0.3, -0.25) is 19.9 Å². The number of aromatic nitrogens is 1. The highest BCUT2D eigenvalue weighted by molar-refractivity contribution is 7.80. The van der Waals surface area contributed by atoms with Gasteiger partial charge < -0.3 is 20.0 Å². The highest BCUT2D eigenvalue weighted by atomic mass is 35.5. The summed E-state index contributed by atoms with van der Waals surface area (Å²) in [6, 6.07) is 20.0. The molecule has 2 aromatic carbocycles. The number of hydrogen-bond donors (Lipinski definition) is 2. The Morgan fingerprint density at radius 3 is 2.67 bits per heavy atom. The molecule has 3 heterocycles. The number of nitro benzene ring substituents is 1. The fourth-order valence-corrected chi connectivity index (χ4v) is 4.96. The molecule has 1 aliphatic heterocycles. The molecule has 1 amide bonds. The Balaban J connectivity index is 1.55. The van der Waals surface area contributed by atoms with Crippen LogP contribution in [0.5, 0.6) is 0 Å². The second-order valence-electron chi connectivity index (χ2n) is 9.31. The summed E-state index contributed by atoms with van der Waals surface area (Å²) in [7, 11) is 0. The van der Waals surface area contributed by atoms with Crippen LogP contribution in [0.25, 0.3) is 11.3 Å². The van der Waals surface area contributed by atoms with Crippen molar-refractivity contribution in [3.8, 4) is 11.3 Å². The predicted molar refractivity (Wildman–Crippen MR) is 154 cm³/mol. The lowest BCUT2D eigenvalue weighted by Gasteiger charge is -2.26. The SMILES string of the molecule is CC(C)C(=O)Nc1ccc(N2C(=S)N[C@@H](c3ccccn3)[C@H]2c2ccc(-c3cccc([N+](=O)[O-])c3)o2)cc1Cl. The average Bonchev–Trinajstić information content (AvgIpc) is 3.55. The van der Waals surface area contributed by atoms with Crippen LogP contribution in [-0.4, -0.2) is 20.9 Å². The van der Waals surface area contributed by atoms with Gasteiger partial charge in [0.05, 0.1) is 27.4 Å². The minimum absolute atomic E-state index is 0.0264. The van der Waals surface area contributed by atoms with Crippen molar-refractivity contribution in [2.75, 3.05) is 10.2 Å². The minimum Gasteiger partial charge on any atom is -0.459 e. The largest absolute Gasteiger partial charge is 0.459 e. The normalized spacial score (nSPS) is 16.8. The number of anilines is 2. The summed E-state index contributed by atoms with van der Waals surface area (Å²) < 4.78 is 6.29. The standard InChI is InChI=1S/C28H24ClN5O4S/c1-16(2)27(35)31-21-10-9-18(15-20(21)29)33-26(25(32-28(33)39)22-8-3-4-13-30-22)24-12-11-23(38-24)17-6-5-7-19(14-17)34(36)37/h3-16,25-26H,1-2H3,(H,31,35)(H,32,39)/t25-,26+/m0/s1. The van der Waals surface area contributed by atoms with Crippen molar-refractivity contribution in [3.05, 3.63) is 106 Å². The van der Waals surface area contributed by atoms with Crippen molar-refractivity contribution in [2.45, 2.75) is 25.9 Å². The number of rotatable bonds is 7. The molecule has 1 fully saturated rings. The summed E-state index contributed by atoms with van der Waals surface area (Å²) in [5, 5.41) is 18.3. The van der Waals surface area contributed by atoms with E-state index in [-0.39, 0.29) is 23.6 Å². The van der Waals surface area contributed by atoms with Gasteiger partial charge in [-0.25, -0.2) is 0 Å². The number of nitro groups is 1. The van der Waals surface area contributed by atoms with E-state index >= 15 is 0 Å². The lowest BCUT2D eigenvalue weighted by Crippen LogP contribution is -2.29. The molecule has 11 heteroatoms.